The van der Waals surface area contributed by atoms with E-state index in [1.54, 1.807) is 41.1 Å². The number of nitrogens with zero attached hydrogens (tertiary/aromatic N) is 1. The standard InChI is InChI=1S/C19H19ClN4O2/c20-14-3-1-2-4-15(14)23-19(26)16-10-22-18-9-17(25)13(11-24(16)18)12-5-7-21-8-6-12/h1-4,9-12,21-22H,5-8H2,(H,23,26). The van der Waals surface area contributed by atoms with E-state index in [-0.39, 0.29) is 17.3 Å². The average Bonchev–Trinajstić information content (AvgIpc) is 3.06. The molecule has 4 rings (SSSR count). The van der Waals surface area contributed by atoms with Crippen molar-refractivity contribution in [1.29, 1.82) is 0 Å². The first kappa shape index (κ1) is 16.9. The molecule has 1 aliphatic rings. The van der Waals surface area contributed by atoms with Gasteiger partial charge in [0.15, 0.2) is 5.43 Å². The van der Waals surface area contributed by atoms with E-state index in [1.807, 2.05) is 6.07 Å². The molecule has 6 nitrogen and oxygen atoms in total. The van der Waals surface area contributed by atoms with Gasteiger partial charge < -0.3 is 15.6 Å². The lowest BCUT2D eigenvalue weighted by Crippen LogP contribution is -2.29. The minimum Gasteiger partial charge on any atom is -0.345 e. The fourth-order valence-corrected chi connectivity index (χ4v) is 3.62. The molecule has 0 radical (unpaired) electrons. The smallest absolute Gasteiger partial charge is 0.274 e. The van der Waals surface area contributed by atoms with Gasteiger partial charge in [-0.3, -0.25) is 14.0 Å². The van der Waals surface area contributed by atoms with Crippen molar-refractivity contribution in [1.82, 2.24) is 14.7 Å². The van der Waals surface area contributed by atoms with E-state index in [4.69, 9.17) is 11.6 Å². The molecule has 0 aliphatic carbocycles. The summed E-state index contributed by atoms with van der Waals surface area (Å²) in [4.78, 5) is 28.2. The Hall–Kier alpha value is -2.57. The number of imidazole rings is 1. The van der Waals surface area contributed by atoms with Gasteiger partial charge in [-0.2, -0.15) is 0 Å². The second kappa shape index (κ2) is 6.97. The third-order valence-corrected chi connectivity index (χ3v) is 5.16. The van der Waals surface area contributed by atoms with E-state index < -0.39 is 0 Å². The Morgan fingerprint density at radius 2 is 2.00 bits per heavy atom. The maximum atomic E-state index is 12.7. The molecule has 1 aliphatic heterocycles. The van der Waals surface area contributed by atoms with Crippen molar-refractivity contribution in [3.63, 3.8) is 0 Å². The van der Waals surface area contributed by atoms with E-state index in [1.165, 1.54) is 0 Å². The third kappa shape index (κ3) is 3.13. The number of anilines is 1. The number of para-hydroxylation sites is 1. The summed E-state index contributed by atoms with van der Waals surface area (Å²) in [5, 5.41) is 6.60. The number of rotatable bonds is 3. The molecule has 1 fully saturated rings. The number of carbonyl (C=O) groups excluding carboxylic acids is 1. The van der Waals surface area contributed by atoms with Gasteiger partial charge in [-0.25, -0.2) is 0 Å². The van der Waals surface area contributed by atoms with Crippen molar-refractivity contribution < 1.29 is 4.79 Å². The molecule has 3 aromatic rings. The predicted molar refractivity (Wildman–Crippen MR) is 102 cm³/mol. The molecule has 0 saturated carbocycles. The summed E-state index contributed by atoms with van der Waals surface area (Å²) in [6.07, 6.45) is 5.25. The summed E-state index contributed by atoms with van der Waals surface area (Å²) >= 11 is 6.12. The summed E-state index contributed by atoms with van der Waals surface area (Å²) < 4.78 is 1.74. The molecule has 1 saturated heterocycles. The quantitative estimate of drug-likeness (QED) is 0.663. The van der Waals surface area contributed by atoms with Crippen LogP contribution in [-0.4, -0.2) is 28.4 Å². The van der Waals surface area contributed by atoms with Crippen LogP contribution >= 0.6 is 11.6 Å². The number of piperidine rings is 1. The van der Waals surface area contributed by atoms with Gasteiger partial charge in [-0.15, -0.1) is 0 Å². The second-order valence-electron chi connectivity index (χ2n) is 6.48. The topological polar surface area (TPSA) is 78.4 Å². The molecule has 7 heteroatoms. The SMILES string of the molecule is O=C(Nc1ccccc1Cl)c1c[nH]c2cc(=O)c(C3CCNCC3)cn12. The Labute approximate surface area is 155 Å². The molecule has 0 unspecified atom stereocenters. The zero-order chi connectivity index (χ0) is 18.1. The van der Waals surface area contributed by atoms with Crippen molar-refractivity contribution in [3.05, 3.63) is 69.2 Å². The largest absolute Gasteiger partial charge is 0.345 e. The van der Waals surface area contributed by atoms with Crippen molar-refractivity contribution in [2.75, 3.05) is 18.4 Å². The first-order chi connectivity index (χ1) is 12.6. The Morgan fingerprint density at radius 1 is 1.23 bits per heavy atom. The van der Waals surface area contributed by atoms with Crippen molar-refractivity contribution in [3.8, 4) is 0 Å². The summed E-state index contributed by atoms with van der Waals surface area (Å²) in [6.45, 7) is 1.81. The van der Waals surface area contributed by atoms with Gasteiger partial charge in [0, 0.05) is 24.0 Å². The lowest BCUT2D eigenvalue weighted by molar-refractivity contribution is 0.102. The van der Waals surface area contributed by atoms with Crippen LogP contribution in [-0.2, 0) is 0 Å². The van der Waals surface area contributed by atoms with Crippen LogP contribution < -0.4 is 16.1 Å². The van der Waals surface area contributed by atoms with Gasteiger partial charge in [0.25, 0.3) is 5.91 Å². The monoisotopic (exact) mass is 370 g/mol. The normalized spacial score (nSPS) is 15.3. The van der Waals surface area contributed by atoms with Crippen LogP contribution in [0.3, 0.4) is 0 Å². The van der Waals surface area contributed by atoms with Gasteiger partial charge in [-0.1, -0.05) is 23.7 Å². The highest BCUT2D eigenvalue weighted by Gasteiger charge is 2.20. The van der Waals surface area contributed by atoms with E-state index in [0.29, 0.717) is 22.1 Å². The molecule has 26 heavy (non-hydrogen) atoms. The number of fused-ring (bicyclic) bond motifs is 1. The highest BCUT2D eigenvalue weighted by atomic mass is 35.5. The number of H-pyrrole nitrogens is 1. The van der Waals surface area contributed by atoms with Crippen molar-refractivity contribution in [2.24, 2.45) is 0 Å². The first-order valence-corrected chi connectivity index (χ1v) is 9.01. The van der Waals surface area contributed by atoms with Crippen molar-refractivity contribution >= 4 is 28.8 Å². The summed E-state index contributed by atoms with van der Waals surface area (Å²) in [5.41, 5.74) is 2.34. The molecule has 2 aromatic heterocycles. The minimum atomic E-state index is -0.288. The Morgan fingerprint density at radius 3 is 2.77 bits per heavy atom. The van der Waals surface area contributed by atoms with E-state index in [0.717, 1.165) is 31.5 Å². The Bertz CT molecular complexity index is 1020. The van der Waals surface area contributed by atoms with Crippen LogP contribution in [0.2, 0.25) is 5.02 Å². The molecular weight excluding hydrogens is 352 g/mol. The molecule has 1 amide bonds. The van der Waals surface area contributed by atoms with Gasteiger partial charge in [-0.05, 0) is 44.0 Å². The summed E-state index contributed by atoms with van der Waals surface area (Å²) in [6, 6.07) is 8.64. The molecule has 0 atom stereocenters. The number of pyridine rings is 1. The number of aromatic amines is 1. The molecule has 1 aromatic carbocycles. The van der Waals surface area contributed by atoms with Crippen LogP contribution in [0.4, 0.5) is 5.69 Å². The van der Waals surface area contributed by atoms with Crippen LogP contribution in [0.15, 0.2) is 47.5 Å². The number of amides is 1. The maximum Gasteiger partial charge on any atom is 0.274 e. The fourth-order valence-electron chi connectivity index (χ4n) is 3.44. The lowest BCUT2D eigenvalue weighted by atomic mass is 9.91. The zero-order valence-electron chi connectivity index (χ0n) is 14.1. The number of carbonyl (C=O) groups is 1. The van der Waals surface area contributed by atoms with E-state index in [2.05, 4.69) is 15.6 Å². The number of hydrogen-bond acceptors (Lipinski definition) is 3. The maximum absolute atomic E-state index is 12.7. The number of aromatic nitrogens is 2. The Balaban J connectivity index is 1.70. The average molecular weight is 371 g/mol. The van der Waals surface area contributed by atoms with Gasteiger partial charge in [0.2, 0.25) is 0 Å². The highest BCUT2D eigenvalue weighted by molar-refractivity contribution is 6.33. The molecule has 3 N–H and O–H groups in total. The van der Waals surface area contributed by atoms with E-state index in [9.17, 15) is 9.59 Å². The number of benzene rings is 1. The van der Waals surface area contributed by atoms with E-state index >= 15 is 0 Å². The number of halogens is 1. The van der Waals surface area contributed by atoms with Gasteiger partial charge >= 0.3 is 0 Å². The summed E-state index contributed by atoms with van der Waals surface area (Å²) in [7, 11) is 0. The van der Waals surface area contributed by atoms with Crippen LogP contribution in [0.25, 0.3) is 5.65 Å². The third-order valence-electron chi connectivity index (χ3n) is 4.83. The van der Waals surface area contributed by atoms with Crippen LogP contribution in [0.5, 0.6) is 0 Å². The van der Waals surface area contributed by atoms with Gasteiger partial charge in [0.05, 0.1) is 10.7 Å². The van der Waals surface area contributed by atoms with Gasteiger partial charge in [0.1, 0.15) is 11.3 Å². The number of nitrogens with one attached hydrogen (secondary N) is 3. The molecule has 0 bridgehead atoms. The molecular formula is C19H19ClN4O2. The molecule has 0 spiro atoms. The second-order valence-corrected chi connectivity index (χ2v) is 6.89. The summed E-state index contributed by atoms with van der Waals surface area (Å²) in [5.74, 6) is -0.0701. The number of hydrogen-bond donors (Lipinski definition) is 3. The highest BCUT2D eigenvalue weighted by Crippen LogP contribution is 2.24. The van der Waals surface area contributed by atoms with Crippen LogP contribution in [0.1, 0.15) is 34.8 Å². The minimum absolute atomic E-state index is 0.0109. The van der Waals surface area contributed by atoms with Crippen molar-refractivity contribution in [2.45, 2.75) is 18.8 Å². The Kier molecular flexibility index (Phi) is 4.53. The lowest BCUT2D eigenvalue weighted by Gasteiger charge is -2.22. The predicted octanol–water partition coefficient (Wildman–Crippen LogP) is 3.00. The zero-order valence-corrected chi connectivity index (χ0v) is 14.8. The van der Waals surface area contributed by atoms with Crippen LogP contribution in [0, 0.1) is 0 Å². The molecule has 134 valence electrons. The molecule has 3 heterocycles. The first-order valence-electron chi connectivity index (χ1n) is 8.64. The fraction of sp³-hybridized carbons (Fsp3) is 0.263.